The number of ether oxygens (including phenoxy) is 1. The lowest BCUT2D eigenvalue weighted by Gasteiger charge is -2.09. The number of hydrogen-bond donors (Lipinski definition) is 2. The van der Waals surface area contributed by atoms with Crippen LogP contribution in [-0.2, 0) is 20.9 Å². The van der Waals surface area contributed by atoms with Crippen molar-refractivity contribution in [2.75, 3.05) is 0 Å². The van der Waals surface area contributed by atoms with Crippen molar-refractivity contribution < 1.29 is 24.4 Å². The third-order valence-electron chi connectivity index (χ3n) is 2.23. The molecule has 0 heterocycles. The number of carbonyl (C=O) groups excluding carboxylic acids is 1. The zero-order chi connectivity index (χ0) is 14.4. The van der Waals surface area contributed by atoms with Gasteiger partial charge in [-0.3, -0.25) is 19.7 Å². The number of rotatable bonds is 6. The van der Waals surface area contributed by atoms with Gasteiger partial charge in [0.1, 0.15) is 12.6 Å². The Kier molecular flexibility index (Phi) is 4.95. The zero-order valence-electron chi connectivity index (χ0n) is 9.81. The maximum atomic E-state index is 11.3. The molecule has 0 bridgehead atoms. The van der Waals surface area contributed by atoms with Crippen LogP contribution in [0.2, 0.25) is 0 Å². The normalized spacial score (nSPS) is 11.6. The van der Waals surface area contributed by atoms with Crippen LogP contribution < -0.4 is 5.73 Å². The van der Waals surface area contributed by atoms with E-state index in [1.165, 1.54) is 24.3 Å². The van der Waals surface area contributed by atoms with Gasteiger partial charge in [-0.25, -0.2) is 0 Å². The molecule has 0 spiro atoms. The Morgan fingerprint density at radius 3 is 2.42 bits per heavy atom. The SMILES string of the molecule is N[C@@H](CC(=O)O)C(=O)OCc1ccc([N+](=O)[O-])cc1. The summed E-state index contributed by atoms with van der Waals surface area (Å²) in [6.45, 7) is -0.121. The van der Waals surface area contributed by atoms with E-state index in [1.54, 1.807) is 0 Å². The van der Waals surface area contributed by atoms with Gasteiger partial charge in [-0.1, -0.05) is 0 Å². The molecule has 8 nitrogen and oxygen atoms in total. The van der Waals surface area contributed by atoms with Crippen molar-refractivity contribution in [3.8, 4) is 0 Å². The molecule has 0 aliphatic heterocycles. The van der Waals surface area contributed by atoms with Crippen molar-refractivity contribution in [2.24, 2.45) is 5.73 Å². The average molecular weight is 268 g/mol. The van der Waals surface area contributed by atoms with Gasteiger partial charge in [0, 0.05) is 12.1 Å². The minimum Gasteiger partial charge on any atom is -0.481 e. The predicted octanol–water partition coefficient (Wildman–Crippen LogP) is 0.440. The molecule has 0 fully saturated rings. The van der Waals surface area contributed by atoms with Gasteiger partial charge in [-0.05, 0) is 17.7 Å². The fourth-order valence-electron chi connectivity index (χ4n) is 1.25. The molecule has 1 atom stereocenters. The van der Waals surface area contributed by atoms with Crippen molar-refractivity contribution in [2.45, 2.75) is 19.1 Å². The highest BCUT2D eigenvalue weighted by Gasteiger charge is 2.18. The summed E-state index contributed by atoms with van der Waals surface area (Å²) in [5.74, 6) is -2.03. The van der Waals surface area contributed by atoms with Crippen LogP contribution in [0, 0.1) is 10.1 Å². The van der Waals surface area contributed by atoms with Gasteiger partial charge in [-0.2, -0.15) is 0 Å². The van der Waals surface area contributed by atoms with E-state index in [0.717, 1.165) is 0 Å². The summed E-state index contributed by atoms with van der Waals surface area (Å²) in [5, 5.41) is 18.9. The predicted molar refractivity (Wildman–Crippen MR) is 63.1 cm³/mol. The topological polar surface area (TPSA) is 133 Å². The zero-order valence-corrected chi connectivity index (χ0v) is 9.81. The maximum Gasteiger partial charge on any atom is 0.323 e. The molecule has 1 aromatic rings. The molecule has 0 aromatic heterocycles. The first-order valence-electron chi connectivity index (χ1n) is 5.27. The second-order valence-corrected chi connectivity index (χ2v) is 3.74. The monoisotopic (exact) mass is 268 g/mol. The first-order chi connectivity index (χ1) is 8.90. The average Bonchev–Trinajstić information content (AvgIpc) is 2.35. The number of non-ortho nitro benzene ring substituents is 1. The fraction of sp³-hybridized carbons (Fsp3) is 0.273. The van der Waals surface area contributed by atoms with Crippen molar-refractivity contribution in [1.29, 1.82) is 0 Å². The summed E-state index contributed by atoms with van der Waals surface area (Å²) < 4.78 is 4.79. The van der Waals surface area contributed by atoms with Gasteiger partial charge < -0.3 is 15.6 Å². The molecule has 19 heavy (non-hydrogen) atoms. The van der Waals surface area contributed by atoms with E-state index in [1.807, 2.05) is 0 Å². The fourth-order valence-corrected chi connectivity index (χ4v) is 1.25. The van der Waals surface area contributed by atoms with E-state index >= 15 is 0 Å². The quantitative estimate of drug-likeness (QED) is 0.434. The van der Waals surface area contributed by atoms with Crippen LogP contribution in [0.15, 0.2) is 24.3 Å². The van der Waals surface area contributed by atoms with Crippen molar-refractivity contribution in [1.82, 2.24) is 0 Å². The van der Waals surface area contributed by atoms with Gasteiger partial charge in [0.05, 0.1) is 11.3 Å². The lowest BCUT2D eigenvalue weighted by molar-refractivity contribution is -0.384. The largest absolute Gasteiger partial charge is 0.481 e. The van der Waals surface area contributed by atoms with Gasteiger partial charge in [0.25, 0.3) is 5.69 Å². The van der Waals surface area contributed by atoms with Crippen molar-refractivity contribution >= 4 is 17.6 Å². The Bertz CT molecular complexity index is 484. The summed E-state index contributed by atoms with van der Waals surface area (Å²) in [6.07, 6.45) is -0.515. The number of nitrogens with two attached hydrogens (primary N) is 1. The Hall–Kier alpha value is -2.48. The standard InChI is InChI=1S/C11H12N2O6/c12-9(5-10(14)15)11(16)19-6-7-1-3-8(4-2-7)13(17)18/h1-4,9H,5-6,12H2,(H,14,15)/t9-/m0/s1. The number of nitro groups is 1. The molecule has 0 saturated heterocycles. The number of carboxylic acids is 1. The molecule has 3 N–H and O–H groups in total. The van der Waals surface area contributed by atoms with Crippen molar-refractivity contribution in [3.63, 3.8) is 0 Å². The number of benzene rings is 1. The molecule has 0 saturated carbocycles. The molecular formula is C11H12N2O6. The maximum absolute atomic E-state index is 11.3. The van der Waals surface area contributed by atoms with E-state index in [-0.39, 0.29) is 12.3 Å². The minimum absolute atomic E-state index is 0.0716. The van der Waals surface area contributed by atoms with Crippen LogP contribution in [0.25, 0.3) is 0 Å². The summed E-state index contributed by atoms with van der Waals surface area (Å²) in [6, 6.07) is 4.21. The summed E-state index contributed by atoms with van der Waals surface area (Å²) in [5.41, 5.74) is 5.77. The summed E-state index contributed by atoms with van der Waals surface area (Å²) in [4.78, 5) is 31.5. The smallest absolute Gasteiger partial charge is 0.323 e. The molecular weight excluding hydrogens is 256 g/mol. The first-order valence-corrected chi connectivity index (χ1v) is 5.27. The van der Waals surface area contributed by atoms with Crippen LogP contribution in [0.5, 0.6) is 0 Å². The molecule has 0 aliphatic carbocycles. The molecule has 102 valence electrons. The van der Waals surface area contributed by atoms with Crippen LogP contribution in [0.1, 0.15) is 12.0 Å². The Labute approximate surface area is 107 Å². The Morgan fingerprint density at radius 2 is 1.95 bits per heavy atom. The van der Waals surface area contributed by atoms with Gasteiger partial charge in [0.2, 0.25) is 0 Å². The van der Waals surface area contributed by atoms with Crippen LogP contribution in [-0.4, -0.2) is 28.0 Å². The highest BCUT2D eigenvalue weighted by atomic mass is 16.6. The highest BCUT2D eigenvalue weighted by Crippen LogP contribution is 2.12. The number of carbonyl (C=O) groups is 2. The lowest BCUT2D eigenvalue weighted by atomic mass is 10.2. The van der Waals surface area contributed by atoms with Crippen LogP contribution in [0.3, 0.4) is 0 Å². The van der Waals surface area contributed by atoms with E-state index in [9.17, 15) is 19.7 Å². The molecule has 1 aromatic carbocycles. The van der Waals surface area contributed by atoms with Crippen LogP contribution in [0.4, 0.5) is 5.69 Å². The molecule has 1 rings (SSSR count). The number of nitro benzene ring substituents is 1. The van der Waals surface area contributed by atoms with Gasteiger partial charge in [0.15, 0.2) is 0 Å². The first kappa shape index (κ1) is 14.6. The minimum atomic E-state index is -1.23. The number of aliphatic carboxylic acids is 1. The molecule has 8 heteroatoms. The molecule has 0 amide bonds. The van der Waals surface area contributed by atoms with Crippen molar-refractivity contribution in [3.05, 3.63) is 39.9 Å². The molecule has 0 aliphatic rings. The molecule has 0 unspecified atom stereocenters. The number of esters is 1. The highest BCUT2D eigenvalue weighted by molar-refractivity contribution is 5.81. The Morgan fingerprint density at radius 1 is 1.37 bits per heavy atom. The second kappa shape index (κ2) is 6.45. The summed E-state index contributed by atoms with van der Waals surface area (Å²) in [7, 11) is 0. The van der Waals surface area contributed by atoms with Gasteiger partial charge >= 0.3 is 11.9 Å². The van der Waals surface area contributed by atoms with E-state index in [4.69, 9.17) is 15.6 Å². The number of hydrogen-bond acceptors (Lipinski definition) is 6. The van der Waals surface area contributed by atoms with E-state index < -0.39 is 29.3 Å². The van der Waals surface area contributed by atoms with Gasteiger partial charge in [-0.15, -0.1) is 0 Å². The summed E-state index contributed by atoms with van der Waals surface area (Å²) >= 11 is 0. The van der Waals surface area contributed by atoms with E-state index in [0.29, 0.717) is 5.56 Å². The number of nitrogens with zero attached hydrogens (tertiary/aromatic N) is 1. The van der Waals surface area contributed by atoms with Crippen LogP contribution >= 0.6 is 0 Å². The molecule has 0 radical (unpaired) electrons. The van der Waals surface area contributed by atoms with E-state index in [2.05, 4.69) is 0 Å². The lowest BCUT2D eigenvalue weighted by Crippen LogP contribution is -2.34. The number of carboxylic acid groups (broad SMARTS) is 1. The second-order valence-electron chi connectivity index (χ2n) is 3.74. The Balaban J connectivity index is 2.50. The third kappa shape index (κ3) is 4.72. The third-order valence-corrected chi connectivity index (χ3v) is 2.23.